The molecule has 1 aromatic carbocycles. The predicted octanol–water partition coefficient (Wildman–Crippen LogP) is 2.48. The van der Waals surface area contributed by atoms with Gasteiger partial charge in [-0.2, -0.15) is 5.26 Å². The number of piperazine rings is 1. The number of anilines is 1. The average Bonchev–Trinajstić information content (AvgIpc) is 2.48. The normalized spacial score (nSPS) is 16.1. The van der Waals surface area contributed by atoms with Gasteiger partial charge in [0.05, 0.1) is 17.9 Å². The molecule has 2 rings (SSSR count). The fraction of sp³-hybridized carbons (Fsp3) is 0.533. The van der Waals surface area contributed by atoms with E-state index in [2.05, 4.69) is 31.8 Å². The number of halogens is 1. The van der Waals surface area contributed by atoms with Crippen molar-refractivity contribution in [1.82, 2.24) is 4.90 Å². The quantitative estimate of drug-likeness (QED) is 0.774. The van der Waals surface area contributed by atoms with Crippen LogP contribution in [-0.2, 0) is 4.74 Å². The van der Waals surface area contributed by atoms with Crippen LogP contribution in [0.4, 0.5) is 5.69 Å². The monoisotopic (exact) mass is 337 g/mol. The van der Waals surface area contributed by atoms with E-state index in [-0.39, 0.29) is 0 Å². The van der Waals surface area contributed by atoms with Crippen LogP contribution >= 0.6 is 15.9 Å². The molecule has 0 unspecified atom stereocenters. The number of hydrogen-bond acceptors (Lipinski definition) is 4. The predicted molar refractivity (Wildman–Crippen MR) is 84.0 cm³/mol. The van der Waals surface area contributed by atoms with Crippen LogP contribution in [0.25, 0.3) is 0 Å². The van der Waals surface area contributed by atoms with Crippen molar-refractivity contribution in [3.63, 3.8) is 0 Å². The third-order valence-corrected chi connectivity index (χ3v) is 4.04. The topological polar surface area (TPSA) is 39.5 Å². The van der Waals surface area contributed by atoms with Crippen molar-refractivity contribution in [2.24, 2.45) is 0 Å². The fourth-order valence-electron chi connectivity index (χ4n) is 2.42. The zero-order valence-electron chi connectivity index (χ0n) is 11.8. The number of rotatable bonds is 5. The fourth-order valence-corrected chi connectivity index (χ4v) is 2.79. The highest BCUT2D eigenvalue weighted by molar-refractivity contribution is 9.10. The number of hydrogen-bond donors (Lipinski definition) is 0. The summed E-state index contributed by atoms with van der Waals surface area (Å²) in [5.41, 5.74) is 1.78. The van der Waals surface area contributed by atoms with E-state index < -0.39 is 0 Å². The molecule has 1 aliphatic heterocycles. The van der Waals surface area contributed by atoms with Gasteiger partial charge in [0, 0.05) is 43.8 Å². The Kier molecular flexibility index (Phi) is 5.84. The Hall–Kier alpha value is -1.09. The molecule has 0 atom stereocenters. The highest BCUT2D eigenvalue weighted by Gasteiger charge is 2.19. The van der Waals surface area contributed by atoms with Gasteiger partial charge in [-0.1, -0.05) is 15.9 Å². The van der Waals surface area contributed by atoms with E-state index in [4.69, 9.17) is 4.74 Å². The van der Waals surface area contributed by atoms with E-state index in [0.717, 1.165) is 61.7 Å². The van der Waals surface area contributed by atoms with E-state index >= 15 is 0 Å². The molecule has 0 aromatic heterocycles. The molecule has 1 aliphatic rings. The maximum Gasteiger partial charge on any atom is 0.101 e. The van der Waals surface area contributed by atoms with Gasteiger partial charge >= 0.3 is 0 Å². The Labute approximate surface area is 129 Å². The van der Waals surface area contributed by atoms with Gasteiger partial charge < -0.3 is 9.64 Å². The van der Waals surface area contributed by atoms with Crippen LogP contribution in [-0.4, -0.2) is 50.8 Å². The summed E-state index contributed by atoms with van der Waals surface area (Å²) in [5.74, 6) is 0. The van der Waals surface area contributed by atoms with Gasteiger partial charge in [-0.3, -0.25) is 4.90 Å². The van der Waals surface area contributed by atoms with Gasteiger partial charge in [-0.25, -0.2) is 0 Å². The lowest BCUT2D eigenvalue weighted by molar-refractivity contribution is 0.111. The summed E-state index contributed by atoms with van der Waals surface area (Å²) in [5, 5.41) is 9.24. The van der Waals surface area contributed by atoms with Crippen molar-refractivity contribution in [2.75, 3.05) is 50.8 Å². The lowest BCUT2D eigenvalue weighted by Crippen LogP contribution is -2.47. The van der Waals surface area contributed by atoms with Crippen LogP contribution in [0.1, 0.15) is 12.5 Å². The van der Waals surface area contributed by atoms with Crippen LogP contribution < -0.4 is 4.90 Å². The summed E-state index contributed by atoms with van der Waals surface area (Å²) in [6.07, 6.45) is 0. The Balaban J connectivity index is 1.92. The maximum atomic E-state index is 9.24. The molecule has 0 N–H and O–H groups in total. The van der Waals surface area contributed by atoms with Crippen molar-refractivity contribution in [2.45, 2.75) is 6.92 Å². The number of nitriles is 1. The molecule has 0 aliphatic carbocycles. The lowest BCUT2D eigenvalue weighted by Gasteiger charge is -2.36. The standard InChI is InChI=1S/C15H20BrN3O/c1-2-20-10-9-18-5-7-19(8-6-18)15-4-3-14(16)11-13(15)12-17/h3-4,11H,2,5-10H2,1H3. The first-order chi connectivity index (χ1) is 9.74. The van der Waals surface area contributed by atoms with Crippen LogP contribution in [0.3, 0.4) is 0 Å². The second-order valence-electron chi connectivity index (χ2n) is 4.80. The van der Waals surface area contributed by atoms with Gasteiger partial charge in [0.15, 0.2) is 0 Å². The van der Waals surface area contributed by atoms with Crippen molar-refractivity contribution in [1.29, 1.82) is 5.26 Å². The molecule has 1 aromatic rings. The first-order valence-corrected chi connectivity index (χ1v) is 7.78. The largest absolute Gasteiger partial charge is 0.380 e. The second-order valence-corrected chi connectivity index (χ2v) is 5.71. The van der Waals surface area contributed by atoms with Crippen LogP contribution in [0, 0.1) is 11.3 Å². The Morgan fingerprint density at radius 1 is 1.30 bits per heavy atom. The minimum Gasteiger partial charge on any atom is -0.380 e. The first-order valence-electron chi connectivity index (χ1n) is 6.99. The van der Waals surface area contributed by atoms with E-state index in [1.54, 1.807) is 0 Å². The average molecular weight is 338 g/mol. The zero-order chi connectivity index (χ0) is 14.4. The molecule has 4 nitrogen and oxygen atoms in total. The molecule has 108 valence electrons. The molecule has 1 fully saturated rings. The number of benzene rings is 1. The van der Waals surface area contributed by atoms with Crippen LogP contribution in [0.15, 0.2) is 22.7 Å². The summed E-state index contributed by atoms with van der Waals surface area (Å²) in [6.45, 7) is 8.57. The van der Waals surface area contributed by atoms with E-state index in [0.29, 0.717) is 0 Å². The van der Waals surface area contributed by atoms with Gasteiger partial charge in [-0.15, -0.1) is 0 Å². The summed E-state index contributed by atoms with van der Waals surface area (Å²) < 4.78 is 6.35. The summed E-state index contributed by atoms with van der Waals surface area (Å²) in [7, 11) is 0. The van der Waals surface area contributed by atoms with Gasteiger partial charge in [0.1, 0.15) is 6.07 Å². The van der Waals surface area contributed by atoms with Crippen molar-refractivity contribution >= 4 is 21.6 Å². The third-order valence-electron chi connectivity index (χ3n) is 3.55. The highest BCUT2D eigenvalue weighted by Crippen LogP contribution is 2.24. The van der Waals surface area contributed by atoms with E-state index in [1.807, 2.05) is 25.1 Å². The van der Waals surface area contributed by atoms with Crippen molar-refractivity contribution < 1.29 is 4.74 Å². The van der Waals surface area contributed by atoms with Gasteiger partial charge in [-0.05, 0) is 25.1 Å². The van der Waals surface area contributed by atoms with Crippen LogP contribution in [0.2, 0.25) is 0 Å². The molecule has 5 heteroatoms. The minimum absolute atomic E-state index is 0.738. The molecule has 0 spiro atoms. The second kappa shape index (κ2) is 7.63. The van der Waals surface area contributed by atoms with Crippen molar-refractivity contribution in [3.05, 3.63) is 28.2 Å². The number of nitrogens with zero attached hydrogens (tertiary/aromatic N) is 3. The van der Waals surface area contributed by atoms with Crippen molar-refractivity contribution in [3.8, 4) is 6.07 Å². The molecule has 0 radical (unpaired) electrons. The Morgan fingerprint density at radius 3 is 2.70 bits per heavy atom. The van der Waals surface area contributed by atoms with E-state index in [1.165, 1.54) is 0 Å². The minimum atomic E-state index is 0.738. The first kappa shape index (κ1) is 15.3. The molecule has 0 saturated carbocycles. The maximum absolute atomic E-state index is 9.24. The third kappa shape index (κ3) is 3.95. The lowest BCUT2D eigenvalue weighted by atomic mass is 10.1. The summed E-state index contributed by atoms with van der Waals surface area (Å²) in [4.78, 5) is 4.71. The summed E-state index contributed by atoms with van der Waals surface area (Å²) >= 11 is 3.41. The van der Waals surface area contributed by atoms with E-state index in [9.17, 15) is 5.26 Å². The van der Waals surface area contributed by atoms with Crippen LogP contribution in [0.5, 0.6) is 0 Å². The summed E-state index contributed by atoms with van der Waals surface area (Å²) in [6, 6.07) is 8.19. The number of ether oxygens (including phenoxy) is 1. The molecular formula is C15H20BrN3O. The zero-order valence-corrected chi connectivity index (χ0v) is 13.4. The molecular weight excluding hydrogens is 318 g/mol. The van der Waals surface area contributed by atoms with Gasteiger partial charge in [0.2, 0.25) is 0 Å². The highest BCUT2D eigenvalue weighted by atomic mass is 79.9. The Bertz CT molecular complexity index is 478. The molecule has 1 heterocycles. The molecule has 20 heavy (non-hydrogen) atoms. The SMILES string of the molecule is CCOCCN1CCN(c2ccc(Br)cc2C#N)CC1. The molecule has 1 saturated heterocycles. The Morgan fingerprint density at radius 2 is 2.05 bits per heavy atom. The van der Waals surface area contributed by atoms with Gasteiger partial charge in [0.25, 0.3) is 0 Å². The molecule has 0 amide bonds. The molecule has 0 bridgehead atoms. The smallest absolute Gasteiger partial charge is 0.101 e.